The van der Waals surface area contributed by atoms with Crippen molar-refractivity contribution in [2.24, 2.45) is 0 Å². The number of fused-ring (bicyclic) bond motifs is 1. The SMILES string of the molecule is COCc1nc2ccccc2n1CC(=O)Nc1ccccc1OC. The van der Waals surface area contributed by atoms with Gasteiger partial charge in [-0.25, -0.2) is 4.98 Å². The molecule has 1 amide bonds. The Kier molecular flexibility index (Phi) is 4.77. The number of carbonyl (C=O) groups is 1. The number of aromatic nitrogens is 2. The zero-order valence-corrected chi connectivity index (χ0v) is 13.7. The van der Waals surface area contributed by atoms with E-state index in [9.17, 15) is 4.79 Å². The number of carbonyl (C=O) groups excluding carboxylic acids is 1. The van der Waals surface area contributed by atoms with Crippen LogP contribution in [0.25, 0.3) is 11.0 Å². The molecule has 124 valence electrons. The molecule has 3 rings (SSSR count). The minimum Gasteiger partial charge on any atom is -0.495 e. The van der Waals surface area contributed by atoms with Gasteiger partial charge in [0.2, 0.25) is 5.91 Å². The van der Waals surface area contributed by atoms with Gasteiger partial charge in [0, 0.05) is 7.11 Å². The number of methoxy groups -OCH3 is 2. The highest BCUT2D eigenvalue weighted by Crippen LogP contribution is 2.23. The molecule has 1 N–H and O–H groups in total. The molecular weight excluding hydrogens is 306 g/mol. The highest BCUT2D eigenvalue weighted by atomic mass is 16.5. The Balaban J connectivity index is 1.86. The first-order valence-corrected chi connectivity index (χ1v) is 7.59. The molecule has 0 bridgehead atoms. The second kappa shape index (κ2) is 7.14. The molecule has 0 radical (unpaired) electrons. The zero-order valence-electron chi connectivity index (χ0n) is 13.7. The third-order valence-electron chi connectivity index (χ3n) is 3.69. The topological polar surface area (TPSA) is 65.4 Å². The molecule has 0 atom stereocenters. The number of imidazole rings is 1. The van der Waals surface area contributed by atoms with Crippen LogP contribution in [0, 0.1) is 0 Å². The van der Waals surface area contributed by atoms with E-state index in [1.807, 2.05) is 41.0 Å². The van der Waals surface area contributed by atoms with Crippen LogP contribution in [-0.4, -0.2) is 29.7 Å². The lowest BCUT2D eigenvalue weighted by atomic mass is 10.3. The predicted molar refractivity (Wildman–Crippen MR) is 92.1 cm³/mol. The molecule has 0 unspecified atom stereocenters. The smallest absolute Gasteiger partial charge is 0.244 e. The lowest BCUT2D eigenvalue weighted by Gasteiger charge is -2.12. The molecule has 0 fully saturated rings. The molecule has 2 aromatic carbocycles. The monoisotopic (exact) mass is 325 g/mol. The van der Waals surface area contributed by atoms with E-state index in [0.29, 0.717) is 23.9 Å². The number of nitrogens with zero attached hydrogens (tertiary/aromatic N) is 2. The maximum Gasteiger partial charge on any atom is 0.244 e. The number of anilines is 1. The Labute approximate surface area is 140 Å². The quantitative estimate of drug-likeness (QED) is 0.757. The number of ether oxygens (including phenoxy) is 2. The summed E-state index contributed by atoms with van der Waals surface area (Å²) in [6, 6.07) is 15.0. The van der Waals surface area contributed by atoms with Crippen LogP contribution >= 0.6 is 0 Å². The normalized spacial score (nSPS) is 10.8. The average molecular weight is 325 g/mol. The molecular formula is C18H19N3O3. The summed E-state index contributed by atoms with van der Waals surface area (Å²) in [6.45, 7) is 0.494. The minimum atomic E-state index is -0.153. The van der Waals surface area contributed by atoms with Gasteiger partial charge in [-0.1, -0.05) is 24.3 Å². The standard InChI is InChI=1S/C18H19N3O3/c1-23-12-17-19-13-7-3-5-9-15(13)21(17)11-18(22)20-14-8-4-6-10-16(14)24-2/h3-10H,11-12H2,1-2H3,(H,20,22). The van der Waals surface area contributed by atoms with Gasteiger partial charge in [0.15, 0.2) is 0 Å². The van der Waals surface area contributed by atoms with Gasteiger partial charge in [-0.15, -0.1) is 0 Å². The van der Waals surface area contributed by atoms with E-state index in [0.717, 1.165) is 11.0 Å². The third kappa shape index (κ3) is 3.23. The van der Waals surface area contributed by atoms with E-state index in [2.05, 4.69) is 10.3 Å². The van der Waals surface area contributed by atoms with E-state index in [1.54, 1.807) is 26.4 Å². The fraction of sp³-hybridized carbons (Fsp3) is 0.222. The Morgan fingerprint density at radius 1 is 1.12 bits per heavy atom. The molecule has 0 aliphatic carbocycles. The summed E-state index contributed by atoms with van der Waals surface area (Å²) in [5, 5.41) is 2.88. The summed E-state index contributed by atoms with van der Waals surface area (Å²) in [4.78, 5) is 17.0. The lowest BCUT2D eigenvalue weighted by molar-refractivity contribution is -0.116. The van der Waals surface area contributed by atoms with Crippen molar-refractivity contribution in [1.29, 1.82) is 0 Å². The Hall–Kier alpha value is -2.86. The van der Waals surface area contributed by atoms with Crippen molar-refractivity contribution in [2.75, 3.05) is 19.5 Å². The molecule has 0 saturated carbocycles. The van der Waals surface area contributed by atoms with Crippen LogP contribution in [0.2, 0.25) is 0 Å². The van der Waals surface area contributed by atoms with Crippen molar-refractivity contribution >= 4 is 22.6 Å². The Morgan fingerprint density at radius 2 is 1.88 bits per heavy atom. The molecule has 1 aromatic heterocycles. The number of benzene rings is 2. The summed E-state index contributed by atoms with van der Waals surface area (Å²) in [5.41, 5.74) is 2.39. The third-order valence-corrected chi connectivity index (χ3v) is 3.69. The van der Waals surface area contributed by atoms with Gasteiger partial charge in [0.05, 0.1) is 23.8 Å². The molecule has 0 aliphatic rings. The van der Waals surface area contributed by atoms with Crippen LogP contribution in [0.15, 0.2) is 48.5 Å². The van der Waals surface area contributed by atoms with Crippen molar-refractivity contribution in [3.05, 3.63) is 54.4 Å². The van der Waals surface area contributed by atoms with E-state index >= 15 is 0 Å². The molecule has 0 aliphatic heterocycles. The van der Waals surface area contributed by atoms with Crippen LogP contribution in [0.3, 0.4) is 0 Å². The van der Waals surface area contributed by atoms with Crippen molar-refractivity contribution in [3.8, 4) is 5.75 Å². The van der Waals surface area contributed by atoms with Gasteiger partial charge in [-0.05, 0) is 24.3 Å². The van der Waals surface area contributed by atoms with Gasteiger partial charge in [0.1, 0.15) is 24.7 Å². The van der Waals surface area contributed by atoms with Crippen molar-refractivity contribution in [3.63, 3.8) is 0 Å². The van der Waals surface area contributed by atoms with Crippen LogP contribution in [0.4, 0.5) is 5.69 Å². The molecule has 6 heteroatoms. The van der Waals surface area contributed by atoms with E-state index in [-0.39, 0.29) is 12.5 Å². The van der Waals surface area contributed by atoms with Crippen LogP contribution in [0.5, 0.6) is 5.75 Å². The van der Waals surface area contributed by atoms with Crippen LogP contribution in [-0.2, 0) is 22.7 Å². The van der Waals surface area contributed by atoms with Crippen molar-refractivity contribution in [2.45, 2.75) is 13.2 Å². The number of nitrogens with one attached hydrogen (secondary N) is 1. The van der Waals surface area contributed by atoms with E-state index < -0.39 is 0 Å². The van der Waals surface area contributed by atoms with Crippen molar-refractivity contribution in [1.82, 2.24) is 9.55 Å². The highest BCUT2D eigenvalue weighted by molar-refractivity contribution is 5.93. The first-order chi connectivity index (χ1) is 11.7. The van der Waals surface area contributed by atoms with Gasteiger partial charge >= 0.3 is 0 Å². The lowest BCUT2D eigenvalue weighted by Crippen LogP contribution is -2.20. The van der Waals surface area contributed by atoms with Gasteiger partial charge in [0.25, 0.3) is 0 Å². The molecule has 0 saturated heterocycles. The van der Waals surface area contributed by atoms with Crippen LogP contribution < -0.4 is 10.1 Å². The number of hydrogen-bond acceptors (Lipinski definition) is 4. The highest BCUT2D eigenvalue weighted by Gasteiger charge is 2.14. The number of hydrogen-bond donors (Lipinski definition) is 1. The minimum absolute atomic E-state index is 0.150. The first kappa shape index (κ1) is 16.0. The van der Waals surface area contributed by atoms with E-state index in [4.69, 9.17) is 9.47 Å². The zero-order chi connectivity index (χ0) is 16.9. The number of amides is 1. The van der Waals surface area contributed by atoms with Gasteiger partial charge in [-0.3, -0.25) is 4.79 Å². The fourth-order valence-corrected chi connectivity index (χ4v) is 2.62. The first-order valence-electron chi connectivity index (χ1n) is 7.59. The van der Waals surface area contributed by atoms with Gasteiger partial charge < -0.3 is 19.4 Å². The average Bonchev–Trinajstić information content (AvgIpc) is 2.93. The largest absolute Gasteiger partial charge is 0.495 e. The summed E-state index contributed by atoms with van der Waals surface area (Å²) in [5.74, 6) is 1.19. The van der Waals surface area contributed by atoms with Crippen LogP contribution in [0.1, 0.15) is 5.82 Å². The summed E-state index contributed by atoms with van der Waals surface area (Å²) >= 11 is 0. The number of para-hydroxylation sites is 4. The maximum absolute atomic E-state index is 12.5. The molecule has 3 aromatic rings. The predicted octanol–water partition coefficient (Wildman–Crippen LogP) is 2.83. The molecule has 0 spiro atoms. The molecule has 6 nitrogen and oxygen atoms in total. The summed E-state index contributed by atoms with van der Waals surface area (Å²) in [7, 11) is 3.18. The molecule has 24 heavy (non-hydrogen) atoms. The maximum atomic E-state index is 12.5. The molecule has 1 heterocycles. The van der Waals surface area contributed by atoms with Gasteiger partial charge in [-0.2, -0.15) is 0 Å². The summed E-state index contributed by atoms with van der Waals surface area (Å²) < 4.78 is 12.3. The Morgan fingerprint density at radius 3 is 2.67 bits per heavy atom. The Bertz CT molecular complexity index is 858. The van der Waals surface area contributed by atoms with E-state index in [1.165, 1.54) is 0 Å². The fourth-order valence-electron chi connectivity index (χ4n) is 2.62. The second-order valence-corrected chi connectivity index (χ2v) is 5.28. The number of rotatable bonds is 6. The summed E-state index contributed by atoms with van der Waals surface area (Å²) in [6.07, 6.45) is 0. The van der Waals surface area contributed by atoms with Crippen molar-refractivity contribution < 1.29 is 14.3 Å². The second-order valence-electron chi connectivity index (χ2n) is 5.28.